The van der Waals surface area contributed by atoms with Crippen LogP contribution in [0.4, 0.5) is 0 Å². The minimum Gasteiger partial charge on any atom is -0.388 e. The number of hydrogen-bond donors (Lipinski definition) is 1. The highest BCUT2D eigenvalue weighted by Gasteiger charge is 2.47. The van der Waals surface area contributed by atoms with Crippen molar-refractivity contribution in [1.29, 1.82) is 0 Å². The van der Waals surface area contributed by atoms with Crippen LogP contribution in [-0.2, 0) is 9.47 Å². The number of nitroso groups, excluding NO2 is 1. The Morgan fingerprint density at radius 3 is 2.83 bits per heavy atom. The number of rotatable bonds is 2. The molecular weight excluding hydrogens is 182 g/mol. The number of ether oxygens (including phenoxy) is 2. The van der Waals surface area contributed by atoms with Gasteiger partial charge in [-0.25, -0.2) is 0 Å². The van der Waals surface area contributed by atoms with Crippen molar-refractivity contribution in [1.82, 2.24) is 0 Å². The van der Waals surface area contributed by atoms with E-state index in [9.17, 15) is 10.0 Å². The normalized spacial score (nSPS) is 46.1. The van der Waals surface area contributed by atoms with Crippen molar-refractivity contribution in [3.05, 3.63) is 4.91 Å². The lowest BCUT2D eigenvalue weighted by Crippen LogP contribution is -2.29. The highest BCUT2D eigenvalue weighted by Crippen LogP contribution is 2.33. The van der Waals surface area contributed by atoms with Gasteiger partial charge in [0.1, 0.15) is 18.3 Å². The lowest BCUT2D eigenvalue weighted by molar-refractivity contribution is 0.0188. The molecule has 68 valence electrons. The molecule has 12 heavy (non-hydrogen) atoms. The molecule has 5 nitrogen and oxygen atoms in total. The van der Waals surface area contributed by atoms with Crippen molar-refractivity contribution in [2.45, 2.75) is 23.6 Å². The molecule has 0 aliphatic carbocycles. The molecule has 0 aromatic heterocycles. The second-order valence-corrected chi connectivity index (χ2v) is 3.85. The van der Waals surface area contributed by atoms with E-state index in [0.717, 1.165) is 11.9 Å². The molecule has 2 aliphatic heterocycles. The molecule has 0 saturated carbocycles. The van der Waals surface area contributed by atoms with Gasteiger partial charge in [-0.05, 0) is 0 Å². The molecule has 0 unspecified atom stereocenters. The fourth-order valence-corrected chi connectivity index (χ4v) is 2.19. The molecule has 2 rings (SSSR count). The lowest BCUT2D eigenvalue weighted by Gasteiger charge is -2.10. The minimum absolute atomic E-state index is 0.0513. The van der Waals surface area contributed by atoms with Crippen molar-refractivity contribution in [3.63, 3.8) is 0 Å². The first kappa shape index (κ1) is 8.43. The fraction of sp³-hybridized carbons (Fsp3) is 1.00. The molecule has 4 atom stereocenters. The smallest absolute Gasteiger partial charge is 0.113 e. The van der Waals surface area contributed by atoms with Crippen molar-refractivity contribution in [2.75, 3.05) is 13.2 Å². The largest absolute Gasteiger partial charge is 0.388 e. The number of nitrogens with zero attached hydrogens (tertiary/aromatic N) is 1. The SMILES string of the molecule is O=NS[C@H]1CO[C@H]2[C@@H]1OC[C@H]2O. The molecule has 0 aromatic rings. The summed E-state index contributed by atoms with van der Waals surface area (Å²) >= 11 is 0.926. The van der Waals surface area contributed by atoms with Gasteiger partial charge in [0.2, 0.25) is 0 Å². The lowest BCUT2D eigenvalue weighted by atomic mass is 10.1. The van der Waals surface area contributed by atoms with Crippen LogP contribution in [0.1, 0.15) is 0 Å². The maximum Gasteiger partial charge on any atom is 0.113 e. The van der Waals surface area contributed by atoms with Crippen LogP contribution in [0.25, 0.3) is 0 Å². The zero-order valence-corrected chi connectivity index (χ0v) is 7.07. The van der Waals surface area contributed by atoms with Crippen LogP contribution >= 0.6 is 11.9 Å². The van der Waals surface area contributed by atoms with Gasteiger partial charge in [-0.15, -0.1) is 4.91 Å². The number of aliphatic hydroxyl groups excluding tert-OH is 1. The van der Waals surface area contributed by atoms with E-state index in [0.29, 0.717) is 13.2 Å². The molecule has 2 saturated heterocycles. The van der Waals surface area contributed by atoms with Crippen LogP contribution in [0.15, 0.2) is 4.58 Å². The maximum absolute atomic E-state index is 9.97. The van der Waals surface area contributed by atoms with Gasteiger partial charge in [-0.2, -0.15) is 0 Å². The van der Waals surface area contributed by atoms with Gasteiger partial charge in [0.15, 0.2) is 0 Å². The Morgan fingerprint density at radius 2 is 2.08 bits per heavy atom. The Labute approximate surface area is 73.5 Å². The fourth-order valence-electron chi connectivity index (χ4n) is 1.59. The third-order valence-corrected chi connectivity index (χ3v) is 2.92. The summed E-state index contributed by atoms with van der Waals surface area (Å²) in [5.74, 6) is 0. The Hall–Kier alpha value is -0.170. The molecule has 0 radical (unpaired) electrons. The van der Waals surface area contributed by atoms with Crippen LogP contribution < -0.4 is 0 Å². The van der Waals surface area contributed by atoms with E-state index < -0.39 is 6.10 Å². The first-order valence-electron chi connectivity index (χ1n) is 3.72. The molecule has 0 amide bonds. The first-order chi connectivity index (χ1) is 5.83. The van der Waals surface area contributed by atoms with E-state index in [4.69, 9.17) is 9.47 Å². The number of aliphatic hydroxyl groups is 1. The van der Waals surface area contributed by atoms with Gasteiger partial charge in [-0.3, -0.25) is 0 Å². The maximum atomic E-state index is 9.97. The molecule has 6 heteroatoms. The summed E-state index contributed by atoms with van der Waals surface area (Å²) in [7, 11) is 0. The molecule has 1 N–H and O–H groups in total. The van der Waals surface area contributed by atoms with Crippen LogP contribution in [0.3, 0.4) is 0 Å². The third kappa shape index (κ3) is 1.24. The summed E-state index contributed by atoms with van der Waals surface area (Å²) in [5.41, 5.74) is 0. The summed E-state index contributed by atoms with van der Waals surface area (Å²) in [5, 5.41) is 9.27. The quantitative estimate of drug-likeness (QED) is 0.488. The summed E-state index contributed by atoms with van der Waals surface area (Å²) in [6.07, 6.45) is -0.973. The van der Waals surface area contributed by atoms with Gasteiger partial charge >= 0.3 is 0 Å². The molecule has 2 fully saturated rings. The Bertz CT molecular complexity index is 190. The molecule has 0 bridgehead atoms. The van der Waals surface area contributed by atoms with Crippen molar-refractivity contribution < 1.29 is 14.6 Å². The Morgan fingerprint density at radius 1 is 1.33 bits per heavy atom. The van der Waals surface area contributed by atoms with Crippen molar-refractivity contribution in [3.8, 4) is 0 Å². The zero-order valence-electron chi connectivity index (χ0n) is 6.25. The predicted octanol–water partition coefficient (Wildman–Crippen LogP) is -0.0719. The Kier molecular flexibility index (Phi) is 2.31. The van der Waals surface area contributed by atoms with Gasteiger partial charge < -0.3 is 14.6 Å². The first-order valence-corrected chi connectivity index (χ1v) is 4.56. The van der Waals surface area contributed by atoms with Crippen molar-refractivity contribution >= 4 is 11.9 Å². The van der Waals surface area contributed by atoms with E-state index in [2.05, 4.69) is 4.58 Å². The standard InChI is InChI=1S/C6H9NO4S/c8-3-1-10-6-4(12-7-9)2-11-5(3)6/h3-6,8H,1-2H2/t3-,4+,5-,6-/m1/s1. The predicted molar refractivity (Wildman–Crippen MR) is 42.7 cm³/mol. The third-order valence-electron chi connectivity index (χ3n) is 2.16. The van der Waals surface area contributed by atoms with Gasteiger partial charge in [-0.1, -0.05) is 0 Å². The summed E-state index contributed by atoms with van der Waals surface area (Å²) < 4.78 is 13.2. The molecular formula is C6H9NO4S. The topological polar surface area (TPSA) is 68.1 Å². The molecule has 2 heterocycles. The summed E-state index contributed by atoms with van der Waals surface area (Å²) in [4.78, 5) is 9.97. The summed E-state index contributed by atoms with van der Waals surface area (Å²) in [6, 6.07) is 0. The monoisotopic (exact) mass is 191 g/mol. The number of fused-ring (bicyclic) bond motifs is 1. The minimum atomic E-state index is -0.549. The van der Waals surface area contributed by atoms with Gasteiger partial charge in [0.05, 0.1) is 18.5 Å². The van der Waals surface area contributed by atoms with E-state index in [1.165, 1.54) is 0 Å². The van der Waals surface area contributed by atoms with Crippen LogP contribution in [0.5, 0.6) is 0 Å². The average Bonchev–Trinajstić information content (AvgIpc) is 2.58. The Balaban J connectivity index is 2.00. The van der Waals surface area contributed by atoms with Crippen LogP contribution in [-0.4, -0.2) is 41.9 Å². The van der Waals surface area contributed by atoms with Crippen LogP contribution in [0, 0.1) is 4.91 Å². The highest BCUT2D eigenvalue weighted by atomic mass is 32.2. The van der Waals surface area contributed by atoms with Crippen molar-refractivity contribution in [2.24, 2.45) is 4.58 Å². The van der Waals surface area contributed by atoms with Gasteiger partial charge in [0, 0.05) is 16.5 Å². The summed E-state index contributed by atoms with van der Waals surface area (Å²) in [6.45, 7) is 0.730. The zero-order chi connectivity index (χ0) is 8.55. The molecule has 2 aliphatic rings. The van der Waals surface area contributed by atoms with Gasteiger partial charge in [0.25, 0.3) is 0 Å². The second-order valence-electron chi connectivity index (χ2n) is 2.88. The highest BCUT2D eigenvalue weighted by molar-refractivity contribution is 7.98. The van der Waals surface area contributed by atoms with E-state index in [1.54, 1.807) is 0 Å². The van der Waals surface area contributed by atoms with E-state index >= 15 is 0 Å². The molecule has 0 spiro atoms. The number of hydrogen-bond acceptors (Lipinski definition) is 6. The van der Waals surface area contributed by atoms with E-state index in [-0.39, 0.29) is 17.5 Å². The second kappa shape index (κ2) is 3.29. The van der Waals surface area contributed by atoms with Crippen LogP contribution in [0.2, 0.25) is 0 Å². The molecule has 0 aromatic carbocycles. The van der Waals surface area contributed by atoms with E-state index in [1.807, 2.05) is 0 Å². The average molecular weight is 191 g/mol.